The third-order valence-corrected chi connectivity index (χ3v) is 7.05. The van der Waals surface area contributed by atoms with Crippen molar-refractivity contribution in [3.8, 4) is 0 Å². The second-order valence-electron chi connectivity index (χ2n) is 8.77. The Morgan fingerprint density at radius 3 is 1.74 bits per heavy atom. The van der Waals surface area contributed by atoms with Crippen LogP contribution in [0.3, 0.4) is 0 Å². The highest BCUT2D eigenvalue weighted by atomic mass is 19.3. The van der Waals surface area contributed by atoms with E-state index in [0.717, 1.165) is 38.5 Å². The van der Waals surface area contributed by atoms with Crippen molar-refractivity contribution in [1.29, 1.82) is 0 Å². The minimum absolute atomic E-state index is 0.371. The lowest BCUT2D eigenvalue weighted by Gasteiger charge is -2.40. The summed E-state index contributed by atoms with van der Waals surface area (Å²) in [4.78, 5) is 0. The Labute approximate surface area is 158 Å². The van der Waals surface area contributed by atoms with Crippen LogP contribution in [0.2, 0.25) is 0 Å². The van der Waals surface area contributed by atoms with Gasteiger partial charge in [-0.3, -0.25) is 0 Å². The van der Waals surface area contributed by atoms with Crippen LogP contribution in [0.15, 0.2) is 12.7 Å². The summed E-state index contributed by atoms with van der Waals surface area (Å²) in [5, 5.41) is 0. The first-order valence-corrected chi connectivity index (χ1v) is 10.4. The van der Waals surface area contributed by atoms with Gasteiger partial charge in [-0.05, 0) is 69.1 Å². The molecule has 0 heterocycles. The van der Waals surface area contributed by atoms with Crippen molar-refractivity contribution in [2.45, 2.75) is 94.9 Å². The molecule has 0 amide bonds. The van der Waals surface area contributed by atoms with Crippen LogP contribution in [-0.2, 0) is 4.74 Å². The second-order valence-corrected chi connectivity index (χ2v) is 8.77. The number of hydrogen-bond donors (Lipinski definition) is 0. The van der Waals surface area contributed by atoms with Crippen LogP contribution < -0.4 is 0 Å². The Kier molecular flexibility index (Phi) is 6.86. The largest absolute Gasteiger partial charge is 0.358 e. The highest BCUT2D eigenvalue weighted by Crippen LogP contribution is 2.46. The molecule has 3 rings (SSSR count). The van der Waals surface area contributed by atoms with E-state index in [2.05, 4.69) is 6.58 Å². The van der Waals surface area contributed by atoms with Gasteiger partial charge in [-0.15, -0.1) is 6.58 Å². The highest BCUT2D eigenvalue weighted by molar-refractivity contribution is 4.90. The number of hydrogen-bond acceptors (Lipinski definition) is 1. The predicted molar refractivity (Wildman–Crippen MR) is 94.8 cm³/mol. The van der Waals surface area contributed by atoms with Crippen LogP contribution in [0.4, 0.5) is 22.0 Å². The van der Waals surface area contributed by atoms with Gasteiger partial charge in [-0.2, -0.15) is 8.78 Å². The van der Waals surface area contributed by atoms with Crippen molar-refractivity contribution >= 4 is 0 Å². The lowest BCUT2D eigenvalue weighted by Crippen LogP contribution is -2.45. The minimum atomic E-state index is -3.40. The smallest absolute Gasteiger partial charge is 0.317 e. The fourth-order valence-electron chi connectivity index (χ4n) is 5.28. The molecule has 1 nitrogen and oxygen atoms in total. The molecule has 3 fully saturated rings. The van der Waals surface area contributed by atoms with Gasteiger partial charge in [0.25, 0.3) is 0 Å². The van der Waals surface area contributed by atoms with Crippen molar-refractivity contribution < 1.29 is 26.7 Å². The average Bonchev–Trinajstić information content (AvgIpc) is 2.66. The van der Waals surface area contributed by atoms with E-state index in [1.165, 1.54) is 0 Å². The third-order valence-electron chi connectivity index (χ3n) is 7.05. The van der Waals surface area contributed by atoms with E-state index < -0.39 is 49.5 Å². The van der Waals surface area contributed by atoms with Crippen molar-refractivity contribution in [1.82, 2.24) is 0 Å². The Hall–Kier alpha value is -0.650. The molecule has 0 radical (unpaired) electrons. The summed E-state index contributed by atoms with van der Waals surface area (Å²) >= 11 is 0. The van der Waals surface area contributed by atoms with Crippen molar-refractivity contribution in [3.05, 3.63) is 12.7 Å². The lowest BCUT2D eigenvalue weighted by molar-refractivity contribution is -0.306. The molecule has 0 aromatic rings. The van der Waals surface area contributed by atoms with Crippen molar-refractivity contribution in [3.63, 3.8) is 0 Å². The molecule has 3 aliphatic carbocycles. The Balaban J connectivity index is 1.47. The second kappa shape index (κ2) is 8.79. The molecule has 0 saturated heterocycles. The monoisotopic (exact) mass is 394 g/mol. The van der Waals surface area contributed by atoms with Crippen molar-refractivity contribution in [2.24, 2.45) is 23.7 Å². The summed E-state index contributed by atoms with van der Waals surface area (Å²) in [6.45, 7) is 3.86. The topological polar surface area (TPSA) is 9.23 Å². The number of rotatable bonds is 5. The molecule has 6 heteroatoms. The summed E-state index contributed by atoms with van der Waals surface area (Å²) in [5.74, 6) is 0.761. The molecular formula is C21H31F5O. The van der Waals surface area contributed by atoms with Crippen LogP contribution in [0.5, 0.6) is 0 Å². The zero-order valence-corrected chi connectivity index (χ0v) is 15.8. The molecule has 0 bridgehead atoms. The summed E-state index contributed by atoms with van der Waals surface area (Å²) in [6.07, 6.45) is -3.22. The van der Waals surface area contributed by atoms with E-state index in [1.807, 2.05) is 6.08 Å². The summed E-state index contributed by atoms with van der Waals surface area (Å²) in [5.41, 5.74) is 0. The Bertz CT molecular complexity index is 471. The molecule has 2 unspecified atom stereocenters. The van der Waals surface area contributed by atoms with Gasteiger partial charge in [0.2, 0.25) is 0 Å². The number of ether oxygens (including phenoxy) is 1. The molecule has 0 aromatic heterocycles. The maximum atomic E-state index is 14.5. The van der Waals surface area contributed by atoms with Crippen molar-refractivity contribution in [2.75, 3.05) is 0 Å². The number of allylic oxidation sites excluding steroid dienone is 1. The summed E-state index contributed by atoms with van der Waals surface area (Å²) < 4.78 is 74.0. The van der Waals surface area contributed by atoms with E-state index in [1.54, 1.807) is 0 Å². The van der Waals surface area contributed by atoms with Crippen LogP contribution in [0.1, 0.15) is 64.2 Å². The van der Waals surface area contributed by atoms with Gasteiger partial charge in [0, 0.05) is 12.8 Å². The molecule has 3 saturated carbocycles. The Morgan fingerprint density at radius 2 is 1.26 bits per heavy atom. The number of halogens is 5. The standard InChI is InChI=1S/C21H31F5O/c1-2-13-3-5-14(6-4-13)15-7-9-16(10-8-15)21(25,26)27-17-11-18(22)20(24)19(23)12-17/h2,13-20H,1,3-12H2. The fraction of sp³-hybridized carbons (Fsp3) is 0.905. The third kappa shape index (κ3) is 5.04. The van der Waals surface area contributed by atoms with Crippen LogP contribution >= 0.6 is 0 Å². The first-order valence-electron chi connectivity index (χ1n) is 10.4. The van der Waals surface area contributed by atoms with E-state index in [9.17, 15) is 22.0 Å². The zero-order chi connectivity index (χ0) is 19.6. The van der Waals surface area contributed by atoms with E-state index in [4.69, 9.17) is 4.74 Å². The molecule has 0 spiro atoms. The van der Waals surface area contributed by atoms with Crippen LogP contribution in [0.25, 0.3) is 0 Å². The first kappa shape index (κ1) is 21.1. The zero-order valence-electron chi connectivity index (χ0n) is 15.8. The molecular weight excluding hydrogens is 363 g/mol. The van der Waals surface area contributed by atoms with Gasteiger partial charge < -0.3 is 4.74 Å². The number of alkyl halides is 5. The maximum absolute atomic E-state index is 14.5. The molecule has 2 atom stereocenters. The highest BCUT2D eigenvalue weighted by Gasteiger charge is 2.48. The minimum Gasteiger partial charge on any atom is -0.317 e. The van der Waals surface area contributed by atoms with E-state index in [0.29, 0.717) is 30.6 Å². The quantitative estimate of drug-likeness (QED) is 0.378. The molecule has 156 valence electrons. The molecule has 27 heavy (non-hydrogen) atoms. The van der Waals surface area contributed by atoms with Gasteiger partial charge in [0.15, 0.2) is 6.17 Å². The molecule has 0 aromatic carbocycles. The molecule has 3 aliphatic rings. The average molecular weight is 394 g/mol. The molecule has 0 aliphatic heterocycles. The SMILES string of the molecule is C=CC1CCC(C2CCC(C(F)(F)OC3CC(F)C(F)C(F)C3)CC2)CC1. The van der Waals surface area contributed by atoms with Gasteiger partial charge in [-0.1, -0.05) is 6.08 Å². The maximum Gasteiger partial charge on any atom is 0.358 e. The summed E-state index contributed by atoms with van der Waals surface area (Å²) in [7, 11) is 0. The fourth-order valence-corrected chi connectivity index (χ4v) is 5.28. The van der Waals surface area contributed by atoms with Gasteiger partial charge in [0.1, 0.15) is 12.3 Å². The van der Waals surface area contributed by atoms with Crippen LogP contribution in [0, 0.1) is 23.7 Å². The van der Waals surface area contributed by atoms with Gasteiger partial charge in [0.05, 0.1) is 12.0 Å². The van der Waals surface area contributed by atoms with Gasteiger partial charge >= 0.3 is 6.11 Å². The Morgan fingerprint density at radius 1 is 0.778 bits per heavy atom. The van der Waals surface area contributed by atoms with E-state index >= 15 is 0 Å². The summed E-state index contributed by atoms with van der Waals surface area (Å²) in [6, 6.07) is 0. The normalized spacial score (nSPS) is 44.0. The first-order chi connectivity index (χ1) is 12.8. The predicted octanol–water partition coefficient (Wildman–Crippen LogP) is 6.57. The lowest BCUT2D eigenvalue weighted by atomic mass is 9.69. The van der Waals surface area contributed by atoms with Crippen LogP contribution in [-0.4, -0.2) is 30.7 Å². The van der Waals surface area contributed by atoms with E-state index in [-0.39, 0.29) is 0 Å². The molecule has 0 N–H and O–H groups in total. The van der Waals surface area contributed by atoms with Gasteiger partial charge in [-0.25, -0.2) is 13.2 Å².